The van der Waals surface area contributed by atoms with Crippen molar-refractivity contribution >= 4 is 23.4 Å². The molecule has 156 valence electrons. The Labute approximate surface area is 175 Å². The van der Waals surface area contributed by atoms with Crippen LogP contribution in [0.1, 0.15) is 36.8 Å². The van der Waals surface area contributed by atoms with Crippen LogP contribution in [0.2, 0.25) is 0 Å². The number of aromatic amines is 1. The van der Waals surface area contributed by atoms with Crippen molar-refractivity contribution in [3.8, 4) is 11.5 Å². The second-order valence-corrected chi connectivity index (χ2v) is 7.73. The minimum atomic E-state index is -0.405. The van der Waals surface area contributed by atoms with Gasteiger partial charge in [0.05, 0.1) is 5.69 Å². The molecule has 0 saturated carbocycles. The van der Waals surface area contributed by atoms with Gasteiger partial charge in [-0.1, -0.05) is 32.9 Å². The number of amides is 3. The molecular formula is C22H25N5O3. The van der Waals surface area contributed by atoms with Crippen molar-refractivity contribution in [1.29, 1.82) is 0 Å². The van der Waals surface area contributed by atoms with Gasteiger partial charge in [0.15, 0.2) is 0 Å². The van der Waals surface area contributed by atoms with Gasteiger partial charge in [-0.05, 0) is 30.3 Å². The van der Waals surface area contributed by atoms with E-state index >= 15 is 0 Å². The maximum absolute atomic E-state index is 12.3. The molecule has 0 aliphatic rings. The van der Waals surface area contributed by atoms with Crippen LogP contribution < -0.4 is 20.7 Å². The third-order valence-electron chi connectivity index (χ3n) is 4.25. The number of nitrogens with zero attached hydrogens (tertiary/aromatic N) is 1. The summed E-state index contributed by atoms with van der Waals surface area (Å²) in [5, 5.41) is 15.1. The molecule has 2 aromatic carbocycles. The molecule has 3 amide bonds. The molecule has 1 heterocycles. The van der Waals surface area contributed by atoms with E-state index in [0.717, 1.165) is 5.69 Å². The summed E-state index contributed by atoms with van der Waals surface area (Å²) >= 11 is 0. The van der Waals surface area contributed by atoms with Crippen LogP contribution in [0.15, 0.2) is 54.6 Å². The van der Waals surface area contributed by atoms with Crippen LogP contribution in [-0.4, -0.2) is 29.2 Å². The molecule has 0 aliphatic carbocycles. The highest BCUT2D eigenvalue weighted by atomic mass is 16.5. The van der Waals surface area contributed by atoms with Crippen molar-refractivity contribution in [3.63, 3.8) is 0 Å². The topological polar surface area (TPSA) is 108 Å². The molecule has 3 aromatic rings. The van der Waals surface area contributed by atoms with Crippen molar-refractivity contribution in [2.75, 3.05) is 17.7 Å². The predicted octanol–water partition coefficient (Wildman–Crippen LogP) is 4.50. The molecule has 30 heavy (non-hydrogen) atoms. The number of carbonyl (C=O) groups is 2. The largest absolute Gasteiger partial charge is 0.457 e. The van der Waals surface area contributed by atoms with Gasteiger partial charge in [0.2, 0.25) is 0 Å². The smallest absolute Gasteiger partial charge is 0.324 e. The van der Waals surface area contributed by atoms with Crippen LogP contribution in [0, 0.1) is 0 Å². The summed E-state index contributed by atoms with van der Waals surface area (Å²) in [6.07, 6.45) is 0. The van der Waals surface area contributed by atoms with E-state index in [9.17, 15) is 9.59 Å². The zero-order valence-corrected chi connectivity index (χ0v) is 17.4. The summed E-state index contributed by atoms with van der Waals surface area (Å²) in [6.45, 7) is 6.13. The average Bonchev–Trinajstić information content (AvgIpc) is 3.16. The Morgan fingerprint density at radius 3 is 2.33 bits per heavy atom. The van der Waals surface area contributed by atoms with E-state index in [2.05, 4.69) is 26.1 Å². The minimum absolute atomic E-state index is 0.117. The fourth-order valence-electron chi connectivity index (χ4n) is 2.67. The van der Waals surface area contributed by atoms with Crippen LogP contribution in [0.3, 0.4) is 0 Å². The third kappa shape index (κ3) is 5.38. The number of anilines is 2. The number of nitrogens with one attached hydrogen (secondary N) is 4. The Hall–Kier alpha value is -3.81. The van der Waals surface area contributed by atoms with E-state index in [1.54, 1.807) is 61.6 Å². The van der Waals surface area contributed by atoms with Crippen molar-refractivity contribution in [1.82, 2.24) is 15.5 Å². The molecule has 0 fully saturated rings. The number of H-pyrrole nitrogens is 1. The fourth-order valence-corrected chi connectivity index (χ4v) is 2.67. The van der Waals surface area contributed by atoms with Crippen LogP contribution >= 0.6 is 0 Å². The lowest BCUT2D eigenvalue weighted by Crippen LogP contribution is -2.19. The summed E-state index contributed by atoms with van der Waals surface area (Å²) < 4.78 is 5.83. The van der Waals surface area contributed by atoms with Gasteiger partial charge in [0, 0.05) is 35.8 Å². The lowest BCUT2D eigenvalue weighted by molar-refractivity contribution is 0.0962. The van der Waals surface area contributed by atoms with Gasteiger partial charge in [-0.25, -0.2) is 4.79 Å². The number of urea groups is 1. The van der Waals surface area contributed by atoms with Gasteiger partial charge in [0.1, 0.15) is 17.3 Å². The molecule has 0 radical (unpaired) electrons. The molecular weight excluding hydrogens is 382 g/mol. The van der Waals surface area contributed by atoms with E-state index in [0.29, 0.717) is 28.6 Å². The number of carbonyl (C=O) groups excluding carboxylic acids is 2. The Bertz CT molecular complexity index is 1050. The maximum atomic E-state index is 12.3. The number of hydrogen-bond donors (Lipinski definition) is 4. The fraction of sp³-hybridized carbons (Fsp3) is 0.227. The van der Waals surface area contributed by atoms with Crippen LogP contribution in [0.4, 0.5) is 16.3 Å². The summed E-state index contributed by atoms with van der Waals surface area (Å²) in [4.78, 5) is 24.1. The van der Waals surface area contributed by atoms with Gasteiger partial charge < -0.3 is 15.4 Å². The highest BCUT2D eigenvalue weighted by molar-refractivity contribution is 5.99. The molecule has 1 aromatic heterocycles. The van der Waals surface area contributed by atoms with Gasteiger partial charge in [-0.15, -0.1) is 0 Å². The minimum Gasteiger partial charge on any atom is -0.457 e. The molecule has 0 unspecified atom stereocenters. The van der Waals surface area contributed by atoms with E-state index in [1.807, 2.05) is 20.8 Å². The van der Waals surface area contributed by atoms with E-state index in [1.165, 1.54) is 0 Å². The number of aromatic nitrogens is 2. The van der Waals surface area contributed by atoms with Gasteiger partial charge >= 0.3 is 6.03 Å². The molecule has 0 aliphatic heterocycles. The molecule has 4 N–H and O–H groups in total. The second kappa shape index (κ2) is 8.69. The number of rotatable bonds is 5. The zero-order valence-electron chi connectivity index (χ0n) is 17.4. The Morgan fingerprint density at radius 2 is 1.67 bits per heavy atom. The van der Waals surface area contributed by atoms with Crippen molar-refractivity contribution in [2.45, 2.75) is 26.2 Å². The number of ether oxygens (including phenoxy) is 1. The van der Waals surface area contributed by atoms with Crippen LogP contribution in [-0.2, 0) is 5.41 Å². The SMILES string of the molecule is CNC(=O)c1cccc(Oc2cccc(NC(=O)Nc3cc(C(C)(C)C)n[nH]3)c2)c1. The molecule has 0 bridgehead atoms. The Morgan fingerprint density at radius 1 is 0.967 bits per heavy atom. The first-order chi connectivity index (χ1) is 14.2. The lowest BCUT2D eigenvalue weighted by atomic mass is 9.92. The quantitative estimate of drug-likeness (QED) is 0.499. The summed E-state index contributed by atoms with van der Waals surface area (Å²) in [5.41, 5.74) is 1.79. The van der Waals surface area contributed by atoms with Crippen molar-refractivity contribution < 1.29 is 14.3 Å². The Kier molecular flexibility index (Phi) is 6.06. The number of hydrogen-bond acceptors (Lipinski definition) is 4. The normalized spacial score (nSPS) is 10.9. The molecule has 0 saturated heterocycles. The third-order valence-corrected chi connectivity index (χ3v) is 4.25. The second-order valence-electron chi connectivity index (χ2n) is 7.73. The maximum Gasteiger partial charge on any atom is 0.324 e. The van der Waals surface area contributed by atoms with Crippen molar-refractivity contribution in [3.05, 3.63) is 65.9 Å². The van der Waals surface area contributed by atoms with Gasteiger partial charge in [-0.2, -0.15) is 5.10 Å². The summed E-state index contributed by atoms with van der Waals surface area (Å²) in [7, 11) is 1.57. The molecule has 8 nitrogen and oxygen atoms in total. The number of benzene rings is 2. The van der Waals surface area contributed by atoms with E-state index in [4.69, 9.17) is 4.74 Å². The molecule has 0 atom stereocenters. The van der Waals surface area contributed by atoms with E-state index in [-0.39, 0.29) is 11.3 Å². The van der Waals surface area contributed by atoms with Crippen LogP contribution in [0.5, 0.6) is 11.5 Å². The van der Waals surface area contributed by atoms with Crippen LogP contribution in [0.25, 0.3) is 0 Å². The van der Waals surface area contributed by atoms with Gasteiger partial charge in [0.25, 0.3) is 5.91 Å². The highest BCUT2D eigenvalue weighted by Crippen LogP contribution is 2.25. The highest BCUT2D eigenvalue weighted by Gasteiger charge is 2.18. The summed E-state index contributed by atoms with van der Waals surface area (Å²) in [5.74, 6) is 1.36. The molecule has 8 heteroatoms. The first-order valence-electron chi connectivity index (χ1n) is 9.48. The predicted molar refractivity (Wildman–Crippen MR) is 116 cm³/mol. The average molecular weight is 407 g/mol. The summed E-state index contributed by atoms with van der Waals surface area (Å²) in [6, 6.07) is 15.2. The first-order valence-corrected chi connectivity index (χ1v) is 9.48. The first kappa shape index (κ1) is 20.9. The molecule has 3 rings (SSSR count). The van der Waals surface area contributed by atoms with Crippen molar-refractivity contribution in [2.24, 2.45) is 0 Å². The molecule has 0 spiro atoms. The monoisotopic (exact) mass is 407 g/mol. The zero-order chi connectivity index (χ0) is 21.7. The Balaban J connectivity index is 1.65. The standard InChI is InChI=1S/C22H25N5O3/c1-22(2,3)18-13-19(27-26-18)25-21(29)24-15-8-6-10-17(12-15)30-16-9-5-7-14(11-16)20(28)23-4/h5-13H,1-4H3,(H,23,28)(H3,24,25,26,27,29). The lowest BCUT2D eigenvalue weighted by Gasteiger charge is -2.13. The van der Waals surface area contributed by atoms with Gasteiger partial charge in [-0.3, -0.25) is 15.2 Å². The van der Waals surface area contributed by atoms with E-state index < -0.39 is 6.03 Å².